The molecule has 1 unspecified atom stereocenters. The number of carbonyl (C=O) groups is 3. The van der Waals surface area contributed by atoms with Crippen LogP contribution in [0.5, 0.6) is 0 Å². The molecule has 196 valence electrons. The number of carbonyl (C=O) groups excluding carboxylic acids is 3. The quantitative estimate of drug-likeness (QED) is 0.622. The van der Waals surface area contributed by atoms with Gasteiger partial charge in [0, 0.05) is 32.4 Å². The number of aromatic nitrogens is 2. The van der Waals surface area contributed by atoms with Crippen LogP contribution in [0.2, 0.25) is 0 Å². The topological polar surface area (TPSA) is 113 Å². The Bertz CT molecular complexity index is 1060. The van der Waals surface area contributed by atoms with E-state index in [4.69, 9.17) is 9.15 Å². The van der Waals surface area contributed by atoms with Crippen LogP contribution in [0.25, 0.3) is 0 Å². The van der Waals surface area contributed by atoms with Gasteiger partial charge in [0.15, 0.2) is 5.76 Å². The van der Waals surface area contributed by atoms with E-state index in [1.165, 1.54) is 19.3 Å². The number of ether oxygens (including phenoxy) is 1. The maximum atomic E-state index is 13.1. The second kappa shape index (κ2) is 11.6. The van der Waals surface area contributed by atoms with Crippen molar-refractivity contribution in [2.75, 3.05) is 51.2 Å². The summed E-state index contributed by atoms with van der Waals surface area (Å²) in [7, 11) is 0. The van der Waals surface area contributed by atoms with Crippen molar-refractivity contribution in [1.82, 2.24) is 24.5 Å². The van der Waals surface area contributed by atoms with Crippen molar-refractivity contribution < 1.29 is 23.5 Å². The SMILES string of the molecule is CCOC(=O)N1CCN(C(=O)C(C)n2cc(NC(=O)c3ccc(CN4CCCCC4)o3)c(C)n2)CC1. The van der Waals surface area contributed by atoms with Crippen LogP contribution in [0, 0.1) is 6.92 Å². The lowest BCUT2D eigenvalue weighted by atomic mass is 10.1. The Morgan fingerprint density at radius 1 is 1.06 bits per heavy atom. The van der Waals surface area contributed by atoms with Crippen molar-refractivity contribution in [1.29, 1.82) is 0 Å². The van der Waals surface area contributed by atoms with Crippen LogP contribution in [0.1, 0.15) is 61.2 Å². The van der Waals surface area contributed by atoms with Gasteiger partial charge in [0.25, 0.3) is 5.91 Å². The third-order valence-electron chi connectivity index (χ3n) is 6.75. The highest BCUT2D eigenvalue weighted by atomic mass is 16.6. The zero-order valence-corrected chi connectivity index (χ0v) is 21.4. The van der Waals surface area contributed by atoms with E-state index in [1.807, 2.05) is 6.07 Å². The van der Waals surface area contributed by atoms with E-state index >= 15 is 0 Å². The third-order valence-corrected chi connectivity index (χ3v) is 6.75. The molecule has 3 amide bonds. The van der Waals surface area contributed by atoms with Crippen LogP contribution in [-0.2, 0) is 16.1 Å². The molecule has 2 aliphatic heterocycles. The zero-order valence-electron chi connectivity index (χ0n) is 21.4. The molecule has 0 radical (unpaired) electrons. The number of nitrogens with zero attached hydrogens (tertiary/aromatic N) is 5. The first-order chi connectivity index (χ1) is 17.4. The Balaban J connectivity index is 1.32. The highest BCUT2D eigenvalue weighted by Crippen LogP contribution is 2.21. The van der Waals surface area contributed by atoms with E-state index < -0.39 is 6.04 Å². The molecule has 11 nitrogen and oxygen atoms in total. The molecule has 0 bridgehead atoms. The number of nitrogens with one attached hydrogen (secondary N) is 1. The van der Waals surface area contributed by atoms with Crippen LogP contribution in [0.3, 0.4) is 0 Å². The molecule has 2 fully saturated rings. The van der Waals surface area contributed by atoms with Crippen LogP contribution in [-0.4, -0.2) is 88.3 Å². The molecule has 2 aliphatic rings. The number of amides is 3. The average Bonchev–Trinajstić information content (AvgIpc) is 3.50. The minimum absolute atomic E-state index is 0.0905. The van der Waals surface area contributed by atoms with E-state index in [9.17, 15) is 14.4 Å². The van der Waals surface area contributed by atoms with E-state index in [2.05, 4.69) is 15.3 Å². The van der Waals surface area contributed by atoms with E-state index in [1.54, 1.807) is 47.5 Å². The van der Waals surface area contributed by atoms with Gasteiger partial charge in [0.2, 0.25) is 5.91 Å². The number of rotatable bonds is 7. The molecule has 2 aromatic rings. The number of aryl methyl sites for hydroxylation is 1. The lowest BCUT2D eigenvalue weighted by molar-refractivity contribution is -0.136. The Hall–Kier alpha value is -3.34. The Morgan fingerprint density at radius 2 is 1.75 bits per heavy atom. The van der Waals surface area contributed by atoms with Gasteiger partial charge >= 0.3 is 6.09 Å². The van der Waals surface area contributed by atoms with Crippen molar-refractivity contribution in [3.63, 3.8) is 0 Å². The van der Waals surface area contributed by atoms with E-state index in [-0.39, 0.29) is 23.7 Å². The molecular formula is C25H36N6O5. The van der Waals surface area contributed by atoms with Gasteiger partial charge in [-0.1, -0.05) is 6.42 Å². The molecule has 0 aliphatic carbocycles. The molecule has 1 atom stereocenters. The Labute approximate surface area is 211 Å². The summed E-state index contributed by atoms with van der Waals surface area (Å²) in [6.07, 6.45) is 4.98. The molecule has 0 saturated carbocycles. The van der Waals surface area contributed by atoms with Gasteiger partial charge in [-0.25, -0.2) is 4.79 Å². The van der Waals surface area contributed by atoms with Gasteiger partial charge in [0.05, 0.1) is 24.5 Å². The molecular weight excluding hydrogens is 464 g/mol. The maximum absolute atomic E-state index is 13.1. The van der Waals surface area contributed by atoms with Gasteiger partial charge in [-0.2, -0.15) is 5.10 Å². The lowest BCUT2D eigenvalue weighted by Crippen LogP contribution is -2.52. The van der Waals surface area contributed by atoms with Crippen LogP contribution < -0.4 is 5.32 Å². The number of hydrogen-bond donors (Lipinski definition) is 1. The molecule has 1 N–H and O–H groups in total. The summed E-state index contributed by atoms with van der Waals surface area (Å²) in [5, 5.41) is 7.31. The Morgan fingerprint density at radius 3 is 2.44 bits per heavy atom. The monoisotopic (exact) mass is 500 g/mol. The molecule has 2 aromatic heterocycles. The standard InChI is InChI=1S/C25H36N6O5/c1-4-35-25(34)30-14-12-29(13-15-30)24(33)19(3)31-17-21(18(2)27-31)26-23(32)22-9-8-20(36-22)16-28-10-6-5-7-11-28/h8-9,17,19H,4-7,10-16H2,1-3H3,(H,26,32). The fraction of sp³-hybridized carbons (Fsp3) is 0.600. The number of likely N-dealkylation sites (tertiary alicyclic amines) is 1. The number of piperazine rings is 1. The molecule has 36 heavy (non-hydrogen) atoms. The first-order valence-electron chi connectivity index (χ1n) is 12.7. The minimum Gasteiger partial charge on any atom is -0.455 e. The van der Waals surface area contributed by atoms with Gasteiger partial charge in [0.1, 0.15) is 11.8 Å². The highest BCUT2D eigenvalue weighted by Gasteiger charge is 2.29. The summed E-state index contributed by atoms with van der Waals surface area (Å²) in [6.45, 7) is 10.2. The first kappa shape index (κ1) is 25.7. The molecule has 4 rings (SSSR count). The van der Waals surface area contributed by atoms with Crippen molar-refractivity contribution in [2.24, 2.45) is 0 Å². The predicted molar refractivity (Wildman–Crippen MR) is 133 cm³/mol. The lowest BCUT2D eigenvalue weighted by Gasteiger charge is -2.35. The van der Waals surface area contributed by atoms with Crippen LogP contribution in [0.4, 0.5) is 10.5 Å². The molecule has 0 aromatic carbocycles. The fourth-order valence-electron chi connectivity index (χ4n) is 4.61. The second-order valence-electron chi connectivity index (χ2n) is 9.35. The summed E-state index contributed by atoms with van der Waals surface area (Å²) in [4.78, 5) is 43.4. The predicted octanol–water partition coefficient (Wildman–Crippen LogP) is 2.88. The highest BCUT2D eigenvalue weighted by molar-refractivity contribution is 6.02. The maximum Gasteiger partial charge on any atom is 0.409 e. The van der Waals surface area contributed by atoms with E-state index in [0.29, 0.717) is 50.7 Å². The number of anilines is 1. The minimum atomic E-state index is -0.553. The smallest absolute Gasteiger partial charge is 0.409 e. The summed E-state index contributed by atoms with van der Waals surface area (Å²) < 4.78 is 12.4. The van der Waals surface area contributed by atoms with Crippen molar-refractivity contribution >= 4 is 23.6 Å². The fourth-order valence-corrected chi connectivity index (χ4v) is 4.61. The normalized spacial score (nSPS) is 17.6. The Kier molecular flexibility index (Phi) is 8.29. The van der Waals surface area contributed by atoms with Crippen LogP contribution >= 0.6 is 0 Å². The summed E-state index contributed by atoms with van der Waals surface area (Å²) >= 11 is 0. The van der Waals surface area contributed by atoms with Crippen molar-refractivity contribution in [3.05, 3.63) is 35.5 Å². The van der Waals surface area contributed by atoms with Gasteiger partial charge in [-0.3, -0.25) is 19.2 Å². The molecule has 0 spiro atoms. The van der Waals surface area contributed by atoms with Gasteiger partial charge in [-0.05, 0) is 58.8 Å². The van der Waals surface area contributed by atoms with Crippen LogP contribution in [0.15, 0.2) is 22.7 Å². The summed E-state index contributed by atoms with van der Waals surface area (Å²) in [6, 6.07) is 2.99. The molecule has 2 saturated heterocycles. The van der Waals surface area contributed by atoms with Gasteiger partial charge < -0.3 is 24.3 Å². The van der Waals surface area contributed by atoms with E-state index in [0.717, 1.165) is 18.8 Å². The third kappa shape index (κ3) is 6.07. The summed E-state index contributed by atoms with van der Waals surface area (Å²) in [5.74, 6) is 0.582. The number of furan rings is 1. The van der Waals surface area contributed by atoms with Crippen molar-refractivity contribution in [2.45, 2.75) is 52.6 Å². The van der Waals surface area contributed by atoms with Crippen molar-refractivity contribution in [3.8, 4) is 0 Å². The second-order valence-corrected chi connectivity index (χ2v) is 9.35. The largest absolute Gasteiger partial charge is 0.455 e. The number of hydrogen-bond acceptors (Lipinski definition) is 7. The molecule has 11 heteroatoms. The average molecular weight is 501 g/mol. The summed E-state index contributed by atoms with van der Waals surface area (Å²) in [5.41, 5.74) is 1.14. The molecule has 4 heterocycles. The zero-order chi connectivity index (χ0) is 25.7. The first-order valence-corrected chi connectivity index (χ1v) is 12.7. The number of piperidine rings is 1. The van der Waals surface area contributed by atoms with Gasteiger partial charge in [-0.15, -0.1) is 0 Å².